The lowest BCUT2D eigenvalue weighted by Gasteiger charge is -2.41. The molecule has 5 heteroatoms. The summed E-state index contributed by atoms with van der Waals surface area (Å²) >= 11 is 6.03. The van der Waals surface area contributed by atoms with Crippen molar-refractivity contribution in [1.82, 2.24) is 5.32 Å². The summed E-state index contributed by atoms with van der Waals surface area (Å²) in [6.07, 6.45) is 1.43. The van der Waals surface area contributed by atoms with Crippen LogP contribution in [-0.4, -0.2) is 19.2 Å². The van der Waals surface area contributed by atoms with Crippen LogP contribution in [0.1, 0.15) is 18.4 Å². The molecule has 0 aromatic heterocycles. The number of carbonyl (C=O) groups is 1. The summed E-state index contributed by atoms with van der Waals surface area (Å²) in [4.78, 5) is 11.6. The first-order valence-corrected chi connectivity index (χ1v) is 6.08. The monoisotopic (exact) mass is 252 g/mol. The van der Waals surface area contributed by atoms with Gasteiger partial charge in [0.25, 0.3) is 0 Å². The van der Waals surface area contributed by atoms with Crippen molar-refractivity contribution in [2.75, 3.05) is 18.4 Å². The zero-order chi connectivity index (χ0) is 11.9. The van der Waals surface area contributed by atoms with Crippen molar-refractivity contribution in [3.8, 4) is 0 Å². The van der Waals surface area contributed by atoms with E-state index in [1.165, 1.54) is 0 Å². The van der Waals surface area contributed by atoms with Crippen molar-refractivity contribution < 1.29 is 9.53 Å². The number of amides is 1. The molecule has 2 aliphatic heterocycles. The standard InChI is InChI=1S/C12H13ClN2O2/c13-8-2-3-10-9(6-8)12(17-11(16)15-10)4-1-5-14-7-12/h2-3,6,14H,1,4-5,7H2,(H,15,16)/t12-/m0/s1. The molecule has 0 bridgehead atoms. The predicted molar refractivity (Wildman–Crippen MR) is 65.3 cm³/mol. The van der Waals surface area contributed by atoms with Crippen molar-refractivity contribution in [1.29, 1.82) is 0 Å². The van der Waals surface area contributed by atoms with E-state index in [1.807, 2.05) is 12.1 Å². The number of carbonyl (C=O) groups excluding carboxylic acids is 1. The summed E-state index contributed by atoms with van der Waals surface area (Å²) in [6, 6.07) is 5.48. The third-order valence-electron chi connectivity index (χ3n) is 3.34. The Bertz CT molecular complexity index is 470. The number of hydrogen-bond acceptors (Lipinski definition) is 3. The molecule has 2 heterocycles. The van der Waals surface area contributed by atoms with Crippen LogP contribution in [0, 0.1) is 0 Å². The van der Waals surface area contributed by atoms with E-state index >= 15 is 0 Å². The van der Waals surface area contributed by atoms with Crippen LogP contribution >= 0.6 is 11.6 Å². The molecule has 17 heavy (non-hydrogen) atoms. The number of anilines is 1. The topological polar surface area (TPSA) is 50.4 Å². The van der Waals surface area contributed by atoms with Gasteiger partial charge in [-0.25, -0.2) is 4.79 Å². The maximum Gasteiger partial charge on any atom is 0.412 e. The van der Waals surface area contributed by atoms with E-state index in [2.05, 4.69) is 10.6 Å². The lowest BCUT2D eigenvalue weighted by Crippen LogP contribution is -2.49. The van der Waals surface area contributed by atoms with Crippen molar-refractivity contribution >= 4 is 23.4 Å². The van der Waals surface area contributed by atoms with Gasteiger partial charge in [0.2, 0.25) is 0 Å². The highest BCUT2D eigenvalue weighted by Crippen LogP contribution is 2.41. The predicted octanol–water partition coefficient (Wildman–Crippen LogP) is 2.48. The van der Waals surface area contributed by atoms with Gasteiger partial charge in [-0.2, -0.15) is 0 Å². The Labute approximate surface area is 104 Å². The molecular formula is C12H13ClN2O2. The van der Waals surface area contributed by atoms with Gasteiger partial charge in [0, 0.05) is 17.1 Å². The lowest BCUT2D eigenvalue weighted by atomic mass is 9.84. The Morgan fingerprint density at radius 2 is 2.29 bits per heavy atom. The van der Waals surface area contributed by atoms with E-state index < -0.39 is 5.60 Å². The fourth-order valence-corrected chi connectivity index (χ4v) is 2.74. The lowest BCUT2D eigenvalue weighted by molar-refractivity contribution is -0.00723. The van der Waals surface area contributed by atoms with Crippen molar-refractivity contribution in [2.45, 2.75) is 18.4 Å². The van der Waals surface area contributed by atoms with Gasteiger partial charge in [-0.15, -0.1) is 0 Å². The van der Waals surface area contributed by atoms with Gasteiger partial charge < -0.3 is 10.1 Å². The van der Waals surface area contributed by atoms with Crippen molar-refractivity contribution in [3.63, 3.8) is 0 Å². The van der Waals surface area contributed by atoms with Crippen LogP contribution in [0.3, 0.4) is 0 Å². The minimum Gasteiger partial charge on any atom is -0.436 e. The number of fused-ring (bicyclic) bond motifs is 2. The van der Waals surface area contributed by atoms with Crippen LogP contribution in [0.4, 0.5) is 10.5 Å². The van der Waals surface area contributed by atoms with Crippen LogP contribution in [0.15, 0.2) is 18.2 Å². The molecule has 0 aliphatic carbocycles. The highest BCUT2D eigenvalue weighted by atomic mass is 35.5. The fraction of sp³-hybridized carbons (Fsp3) is 0.417. The average molecular weight is 253 g/mol. The largest absolute Gasteiger partial charge is 0.436 e. The number of piperidine rings is 1. The van der Waals surface area contributed by atoms with Crippen LogP contribution in [0.2, 0.25) is 5.02 Å². The van der Waals surface area contributed by atoms with Gasteiger partial charge in [0.05, 0.1) is 5.69 Å². The van der Waals surface area contributed by atoms with Gasteiger partial charge in [0.1, 0.15) is 0 Å². The Hall–Kier alpha value is -1.26. The number of hydrogen-bond donors (Lipinski definition) is 2. The molecule has 3 rings (SSSR count). The molecule has 2 aliphatic rings. The van der Waals surface area contributed by atoms with Crippen LogP contribution < -0.4 is 10.6 Å². The summed E-state index contributed by atoms with van der Waals surface area (Å²) in [7, 11) is 0. The van der Waals surface area contributed by atoms with E-state index in [-0.39, 0.29) is 6.09 Å². The van der Waals surface area contributed by atoms with Crippen LogP contribution in [0.5, 0.6) is 0 Å². The second kappa shape index (κ2) is 3.89. The fourth-order valence-electron chi connectivity index (χ4n) is 2.56. The summed E-state index contributed by atoms with van der Waals surface area (Å²) < 4.78 is 5.53. The molecule has 1 atom stereocenters. The minimum atomic E-state index is -0.555. The summed E-state index contributed by atoms with van der Waals surface area (Å²) in [5.74, 6) is 0. The van der Waals surface area contributed by atoms with E-state index in [0.717, 1.165) is 30.6 Å². The third-order valence-corrected chi connectivity index (χ3v) is 3.58. The maximum atomic E-state index is 11.6. The molecule has 0 unspecified atom stereocenters. The zero-order valence-corrected chi connectivity index (χ0v) is 10.0. The van der Waals surface area contributed by atoms with Gasteiger partial charge >= 0.3 is 6.09 Å². The third kappa shape index (κ3) is 1.77. The first-order valence-electron chi connectivity index (χ1n) is 5.70. The first-order chi connectivity index (χ1) is 8.20. The van der Waals surface area contributed by atoms with Crippen molar-refractivity contribution in [2.24, 2.45) is 0 Å². The van der Waals surface area contributed by atoms with Gasteiger partial charge in [0.15, 0.2) is 5.60 Å². The smallest absolute Gasteiger partial charge is 0.412 e. The highest BCUT2D eigenvalue weighted by Gasteiger charge is 2.42. The summed E-state index contributed by atoms with van der Waals surface area (Å²) in [5, 5.41) is 6.65. The molecule has 0 saturated carbocycles. The number of ether oxygens (including phenoxy) is 1. The number of nitrogens with one attached hydrogen (secondary N) is 2. The number of benzene rings is 1. The molecule has 0 radical (unpaired) electrons. The molecule has 1 fully saturated rings. The molecule has 1 aromatic rings. The quantitative estimate of drug-likeness (QED) is 0.746. The molecule has 1 amide bonds. The second-order valence-corrected chi connectivity index (χ2v) is 4.92. The molecule has 1 spiro atoms. The van der Waals surface area contributed by atoms with E-state index in [9.17, 15) is 4.79 Å². The van der Waals surface area contributed by atoms with Gasteiger partial charge in [-0.1, -0.05) is 11.6 Å². The number of halogens is 1. The zero-order valence-electron chi connectivity index (χ0n) is 9.25. The molecule has 2 N–H and O–H groups in total. The summed E-state index contributed by atoms with van der Waals surface area (Å²) in [5.41, 5.74) is 1.21. The second-order valence-electron chi connectivity index (χ2n) is 4.48. The van der Waals surface area contributed by atoms with Crippen LogP contribution in [0.25, 0.3) is 0 Å². The number of rotatable bonds is 0. The first kappa shape index (κ1) is 10.9. The van der Waals surface area contributed by atoms with E-state index in [1.54, 1.807) is 6.07 Å². The maximum absolute atomic E-state index is 11.6. The molecule has 1 aromatic carbocycles. The van der Waals surface area contributed by atoms with E-state index in [0.29, 0.717) is 11.6 Å². The molecular weight excluding hydrogens is 240 g/mol. The van der Waals surface area contributed by atoms with Crippen LogP contribution in [-0.2, 0) is 10.3 Å². The normalized spacial score (nSPS) is 27.2. The van der Waals surface area contributed by atoms with E-state index in [4.69, 9.17) is 16.3 Å². The Kier molecular flexibility index (Phi) is 2.49. The Morgan fingerprint density at radius 1 is 1.41 bits per heavy atom. The highest BCUT2D eigenvalue weighted by molar-refractivity contribution is 6.30. The van der Waals surface area contributed by atoms with Gasteiger partial charge in [-0.3, -0.25) is 5.32 Å². The van der Waals surface area contributed by atoms with Crippen molar-refractivity contribution in [3.05, 3.63) is 28.8 Å². The van der Waals surface area contributed by atoms with Gasteiger partial charge in [-0.05, 0) is 37.6 Å². The summed E-state index contributed by atoms with van der Waals surface area (Å²) in [6.45, 7) is 1.61. The molecule has 1 saturated heterocycles. The SMILES string of the molecule is O=C1Nc2ccc(Cl)cc2[C@@]2(CCCNC2)O1. The molecule has 4 nitrogen and oxygen atoms in total. The Morgan fingerprint density at radius 3 is 3.06 bits per heavy atom. The Balaban J connectivity index is 2.11. The minimum absolute atomic E-state index is 0.386. The average Bonchev–Trinajstić information content (AvgIpc) is 2.31. The molecule has 90 valence electrons.